The second kappa shape index (κ2) is 12.2. The average Bonchev–Trinajstić information content (AvgIpc) is 3.40. The highest BCUT2D eigenvalue weighted by atomic mass is 32.2. The normalized spacial score (nSPS) is 16.6. The summed E-state index contributed by atoms with van der Waals surface area (Å²) >= 11 is 0. The molecule has 4 rings (SSSR count). The van der Waals surface area contributed by atoms with E-state index in [4.69, 9.17) is 9.88 Å². The van der Waals surface area contributed by atoms with Crippen LogP contribution in [-0.4, -0.2) is 66.1 Å². The summed E-state index contributed by atoms with van der Waals surface area (Å²) in [4.78, 5) is 28.6. The Bertz CT molecular complexity index is 1340. The number of amides is 2. The van der Waals surface area contributed by atoms with Crippen LogP contribution in [0.2, 0.25) is 0 Å². The third-order valence-corrected chi connectivity index (χ3v) is 7.37. The highest BCUT2D eigenvalue weighted by Gasteiger charge is 2.32. The molecule has 1 saturated heterocycles. The van der Waals surface area contributed by atoms with E-state index in [-0.39, 0.29) is 23.6 Å². The zero-order valence-electron chi connectivity index (χ0n) is 21.2. The van der Waals surface area contributed by atoms with Gasteiger partial charge in [0.1, 0.15) is 11.8 Å². The minimum atomic E-state index is -3.52. The lowest BCUT2D eigenvalue weighted by Crippen LogP contribution is -2.47. The van der Waals surface area contributed by atoms with Gasteiger partial charge >= 0.3 is 0 Å². The Morgan fingerprint density at radius 2 is 1.89 bits per heavy atom. The molecule has 2 amide bonds. The van der Waals surface area contributed by atoms with Crippen LogP contribution in [0, 0.1) is 0 Å². The lowest BCUT2D eigenvalue weighted by Gasteiger charge is -2.35. The van der Waals surface area contributed by atoms with Gasteiger partial charge in [-0.1, -0.05) is 35.5 Å². The third kappa shape index (κ3) is 7.17. The molecule has 3 aromatic rings. The molecule has 1 fully saturated rings. The second-order valence-corrected chi connectivity index (χ2v) is 11.0. The first-order chi connectivity index (χ1) is 18.2. The lowest BCUT2D eigenvalue weighted by atomic mass is 10.0. The van der Waals surface area contributed by atoms with E-state index < -0.39 is 16.1 Å². The van der Waals surface area contributed by atoms with Crippen molar-refractivity contribution in [2.75, 3.05) is 26.0 Å². The maximum atomic E-state index is 13.8. The van der Waals surface area contributed by atoms with Crippen molar-refractivity contribution >= 4 is 21.8 Å². The number of benzene rings is 2. The van der Waals surface area contributed by atoms with Gasteiger partial charge in [-0.25, -0.2) is 18.2 Å². The molecule has 1 aliphatic rings. The van der Waals surface area contributed by atoms with Crippen LogP contribution >= 0.6 is 0 Å². The van der Waals surface area contributed by atoms with Gasteiger partial charge in [0.05, 0.1) is 24.6 Å². The molecule has 2 unspecified atom stereocenters. The highest BCUT2D eigenvalue weighted by molar-refractivity contribution is 7.89. The minimum absolute atomic E-state index is 0.0825. The second-order valence-electron chi connectivity index (χ2n) is 9.29. The molecule has 12 heteroatoms. The minimum Gasteiger partial charge on any atom is -0.497 e. The summed E-state index contributed by atoms with van der Waals surface area (Å²) in [6.07, 6.45) is 4.18. The van der Waals surface area contributed by atoms with E-state index in [9.17, 15) is 18.0 Å². The van der Waals surface area contributed by atoms with Crippen molar-refractivity contribution in [3.63, 3.8) is 0 Å². The van der Waals surface area contributed by atoms with Gasteiger partial charge < -0.3 is 15.0 Å². The Hall–Kier alpha value is -3.77. The number of aryl methyl sites for hydroxylation is 1. The van der Waals surface area contributed by atoms with E-state index in [0.717, 1.165) is 12.8 Å². The number of piperidine rings is 1. The monoisotopic (exact) mass is 540 g/mol. The number of likely N-dealkylation sites (tertiary alicyclic amines) is 1. The zero-order chi connectivity index (χ0) is 27.1. The number of ether oxygens (including phenoxy) is 1. The third-order valence-electron chi connectivity index (χ3n) is 6.51. The predicted octanol–water partition coefficient (Wildman–Crippen LogP) is 1.84. The van der Waals surface area contributed by atoms with E-state index in [0.29, 0.717) is 48.5 Å². The first-order valence-electron chi connectivity index (χ1n) is 12.4. The summed E-state index contributed by atoms with van der Waals surface area (Å²) < 4.78 is 29.2. The fourth-order valence-electron chi connectivity index (χ4n) is 4.50. The molecule has 0 bridgehead atoms. The van der Waals surface area contributed by atoms with Crippen molar-refractivity contribution < 1.29 is 22.7 Å². The number of carbonyl (C=O) groups excluding carboxylic acids is 2. The molecule has 0 spiro atoms. The standard InChI is InChI=1S/C26H32N6O5S/c1-37-23-13-11-20(12-14-23)25(33)28-24(19-7-3-2-4-8-19)26(34)31-15-5-10-22(18-31)32-17-21(29-30-32)9-6-16-38(27,35)36/h2-4,7-8,11-14,17,22,24H,5-6,9-10,15-16,18H2,1H3,(H,28,33)(H2,27,35,36). The fourth-order valence-corrected chi connectivity index (χ4v) is 5.05. The van der Waals surface area contributed by atoms with Crippen LogP contribution in [0.1, 0.15) is 53.0 Å². The Morgan fingerprint density at radius 1 is 1.16 bits per heavy atom. The van der Waals surface area contributed by atoms with Crippen LogP contribution in [0.3, 0.4) is 0 Å². The lowest BCUT2D eigenvalue weighted by molar-refractivity contribution is -0.135. The van der Waals surface area contributed by atoms with E-state index in [1.54, 1.807) is 47.2 Å². The van der Waals surface area contributed by atoms with Gasteiger partial charge in [0, 0.05) is 24.8 Å². The van der Waals surface area contributed by atoms with Crippen LogP contribution in [0.25, 0.3) is 0 Å². The molecule has 202 valence electrons. The number of sulfonamides is 1. The quantitative estimate of drug-likeness (QED) is 0.398. The van der Waals surface area contributed by atoms with Crippen molar-refractivity contribution in [1.29, 1.82) is 0 Å². The van der Waals surface area contributed by atoms with Gasteiger partial charge in [0.15, 0.2) is 0 Å². The topological polar surface area (TPSA) is 150 Å². The Labute approximate surface area is 222 Å². The van der Waals surface area contributed by atoms with E-state index >= 15 is 0 Å². The van der Waals surface area contributed by atoms with Crippen LogP contribution in [-0.2, 0) is 21.2 Å². The maximum absolute atomic E-state index is 13.8. The molecule has 0 saturated carbocycles. The number of carbonyl (C=O) groups is 2. The number of primary sulfonamides is 1. The number of rotatable bonds is 10. The largest absolute Gasteiger partial charge is 0.497 e. The summed E-state index contributed by atoms with van der Waals surface area (Å²) in [6, 6.07) is 14.9. The molecule has 38 heavy (non-hydrogen) atoms. The SMILES string of the molecule is COc1ccc(C(=O)NC(C(=O)N2CCCC(n3cc(CCCS(N)(=O)=O)nn3)C2)c2ccccc2)cc1. The summed E-state index contributed by atoms with van der Waals surface area (Å²) in [5, 5.41) is 16.4. The van der Waals surface area contributed by atoms with Crippen molar-refractivity contribution in [2.24, 2.45) is 5.14 Å². The van der Waals surface area contributed by atoms with Gasteiger partial charge in [-0.2, -0.15) is 0 Å². The number of hydrogen-bond acceptors (Lipinski definition) is 7. The number of nitrogens with two attached hydrogens (primary N) is 1. The maximum Gasteiger partial charge on any atom is 0.252 e. The molecule has 2 heterocycles. The van der Waals surface area contributed by atoms with Crippen molar-refractivity contribution in [2.45, 2.75) is 37.8 Å². The first-order valence-corrected chi connectivity index (χ1v) is 14.1. The molecule has 0 radical (unpaired) electrons. The Morgan fingerprint density at radius 3 is 2.58 bits per heavy atom. The highest BCUT2D eigenvalue weighted by Crippen LogP contribution is 2.25. The molecule has 3 N–H and O–H groups in total. The van der Waals surface area contributed by atoms with Gasteiger partial charge in [0.25, 0.3) is 5.91 Å². The summed E-state index contributed by atoms with van der Waals surface area (Å²) in [5.74, 6) is -0.0355. The number of nitrogens with zero attached hydrogens (tertiary/aromatic N) is 4. The molecule has 1 aliphatic heterocycles. The van der Waals surface area contributed by atoms with E-state index in [1.807, 2.05) is 30.3 Å². The smallest absolute Gasteiger partial charge is 0.252 e. The molecule has 2 atom stereocenters. The van der Waals surface area contributed by atoms with Gasteiger partial charge in [-0.3, -0.25) is 9.59 Å². The Balaban J connectivity index is 1.46. The van der Waals surface area contributed by atoms with Crippen molar-refractivity contribution in [1.82, 2.24) is 25.2 Å². The van der Waals surface area contributed by atoms with Crippen LogP contribution < -0.4 is 15.2 Å². The van der Waals surface area contributed by atoms with Crippen molar-refractivity contribution in [3.8, 4) is 5.75 Å². The van der Waals surface area contributed by atoms with E-state index in [2.05, 4.69) is 15.6 Å². The van der Waals surface area contributed by atoms with Crippen LogP contribution in [0.15, 0.2) is 60.8 Å². The van der Waals surface area contributed by atoms with Gasteiger partial charge in [-0.05, 0) is 55.5 Å². The molecule has 1 aromatic heterocycles. The van der Waals surface area contributed by atoms with Gasteiger partial charge in [0.2, 0.25) is 15.9 Å². The van der Waals surface area contributed by atoms with Crippen LogP contribution in [0.4, 0.5) is 0 Å². The molecule has 2 aromatic carbocycles. The summed E-state index contributed by atoms with van der Waals surface area (Å²) in [6.45, 7) is 0.980. The first kappa shape index (κ1) is 27.3. The molecular formula is C26H32N6O5S. The number of methoxy groups -OCH3 is 1. The van der Waals surface area contributed by atoms with Gasteiger partial charge in [-0.15, -0.1) is 5.10 Å². The summed E-state index contributed by atoms with van der Waals surface area (Å²) in [5.41, 5.74) is 1.79. The van der Waals surface area contributed by atoms with Crippen molar-refractivity contribution in [3.05, 3.63) is 77.6 Å². The molecule has 11 nitrogen and oxygen atoms in total. The summed E-state index contributed by atoms with van der Waals surface area (Å²) in [7, 11) is -1.97. The number of nitrogens with one attached hydrogen (secondary N) is 1. The zero-order valence-corrected chi connectivity index (χ0v) is 22.0. The predicted molar refractivity (Wildman–Crippen MR) is 141 cm³/mol. The Kier molecular flexibility index (Phi) is 8.74. The molecular weight excluding hydrogens is 508 g/mol. The van der Waals surface area contributed by atoms with E-state index in [1.165, 1.54) is 0 Å². The number of aromatic nitrogens is 3. The number of hydrogen-bond donors (Lipinski definition) is 2. The molecule has 0 aliphatic carbocycles. The fraction of sp³-hybridized carbons (Fsp3) is 0.385. The average molecular weight is 541 g/mol. The van der Waals surface area contributed by atoms with Crippen LogP contribution in [0.5, 0.6) is 5.75 Å².